The lowest BCUT2D eigenvalue weighted by Crippen LogP contribution is -2.45. The van der Waals surface area contributed by atoms with Crippen LogP contribution in [0.4, 0.5) is 0 Å². The number of ether oxygens (including phenoxy) is 1. The maximum Gasteiger partial charge on any atom is 0.134 e. The molecule has 1 saturated heterocycles. The number of hydrazine groups is 1. The number of aryl methyl sites for hydroxylation is 1. The monoisotopic (exact) mass is 246 g/mol. The van der Waals surface area contributed by atoms with E-state index in [-0.39, 0.29) is 0 Å². The average molecular weight is 246 g/mol. The lowest BCUT2D eigenvalue weighted by Gasteiger charge is -2.27. The highest BCUT2D eigenvalue weighted by molar-refractivity contribution is 5.82. The van der Waals surface area contributed by atoms with Gasteiger partial charge >= 0.3 is 0 Å². The third-order valence-electron chi connectivity index (χ3n) is 3.39. The minimum atomic E-state index is 0.804. The second-order valence-corrected chi connectivity index (χ2v) is 4.57. The first-order chi connectivity index (χ1) is 8.84. The average Bonchev–Trinajstić information content (AvgIpc) is 2.73. The Labute approximate surface area is 106 Å². The van der Waals surface area contributed by atoms with E-state index in [9.17, 15) is 0 Å². The quantitative estimate of drug-likeness (QED) is 0.899. The summed E-state index contributed by atoms with van der Waals surface area (Å²) in [7, 11) is 0. The van der Waals surface area contributed by atoms with Crippen LogP contribution in [-0.4, -0.2) is 31.3 Å². The van der Waals surface area contributed by atoms with Crippen LogP contribution in [0.2, 0.25) is 0 Å². The summed E-state index contributed by atoms with van der Waals surface area (Å²) >= 11 is 0. The van der Waals surface area contributed by atoms with Crippen molar-refractivity contribution in [2.45, 2.75) is 13.5 Å². The summed E-state index contributed by atoms with van der Waals surface area (Å²) in [5.74, 6) is 0.997. The van der Waals surface area contributed by atoms with Gasteiger partial charge in [-0.3, -0.25) is 5.43 Å². The minimum absolute atomic E-state index is 0.804. The van der Waals surface area contributed by atoms with E-state index >= 15 is 0 Å². The topological polar surface area (TPSA) is 37.6 Å². The molecule has 1 fully saturated rings. The van der Waals surface area contributed by atoms with Crippen molar-refractivity contribution in [3.05, 3.63) is 35.6 Å². The van der Waals surface area contributed by atoms with Crippen molar-refractivity contribution in [1.29, 1.82) is 0 Å². The largest absolute Gasteiger partial charge is 0.461 e. The number of nitrogens with one attached hydrogen (secondary N) is 1. The van der Waals surface area contributed by atoms with Crippen molar-refractivity contribution in [2.75, 3.05) is 26.3 Å². The molecule has 0 radical (unpaired) electrons. The van der Waals surface area contributed by atoms with Crippen molar-refractivity contribution in [3.8, 4) is 0 Å². The highest BCUT2D eigenvalue weighted by atomic mass is 16.5. The number of morpholine rings is 1. The summed E-state index contributed by atoms with van der Waals surface area (Å²) in [6, 6.07) is 8.18. The molecule has 3 rings (SSSR count). The summed E-state index contributed by atoms with van der Waals surface area (Å²) in [4.78, 5) is 0. The van der Waals surface area contributed by atoms with Crippen LogP contribution in [0, 0.1) is 6.92 Å². The molecule has 1 aliphatic rings. The Hall–Kier alpha value is -1.36. The second kappa shape index (κ2) is 5.10. The van der Waals surface area contributed by atoms with Crippen molar-refractivity contribution >= 4 is 11.0 Å². The molecule has 96 valence electrons. The van der Waals surface area contributed by atoms with Crippen LogP contribution in [0.1, 0.15) is 11.3 Å². The molecule has 2 heterocycles. The fourth-order valence-electron chi connectivity index (χ4n) is 2.35. The van der Waals surface area contributed by atoms with Crippen LogP contribution in [0.5, 0.6) is 0 Å². The van der Waals surface area contributed by atoms with E-state index in [1.165, 1.54) is 10.9 Å². The Morgan fingerprint density at radius 2 is 2.00 bits per heavy atom. The molecular weight excluding hydrogens is 228 g/mol. The van der Waals surface area contributed by atoms with Gasteiger partial charge in [-0.25, -0.2) is 5.01 Å². The Morgan fingerprint density at radius 1 is 1.22 bits per heavy atom. The number of para-hydroxylation sites is 1. The number of fused-ring (bicyclic) bond motifs is 1. The summed E-state index contributed by atoms with van der Waals surface area (Å²) in [6.07, 6.45) is 0. The van der Waals surface area contributed by atoms with Gasteiger partial charge in [-0.2, -0.15) is 0 Å². The number of nitrogens with zero attached hydrogens (tertiary/aromatic N) is 1. The first-order valence-corrected chi connectivity index (χ1v) is 6.38. The molecule has 1 aliphatic heterocycles. The normalized spacial score (nSPS) is 17.4. The molecule has 4 heteroatoms. The van der Waals surface area contributed by atoms with E-state index in [4.69, 9.17) is 9.15 Å². The van der Waals surface area contributed by atoms with Crippen LogP contribution in [0.25, 0.3) is 11.0 Å². The van der Waals surface area contributed by atoms with Gasteiger partial charge in [0.05, 0.1) is 13.2 Å². The van der Waals surface area contributed by atoms with Gasteiger partial charge in [-0.05, 0) is 13.0 Å². The lowest BCUT2D eigenvalue weighted by atomic mass is 10.1. The van der Waals surface area contributed by atoms with Crippen LogP contribution in [-0.2, 0) is 11.3 Å². The van der Waals surface area contributed by atoms with Crippen molar-refractivity contribution in [3.63, 3.8) is 0 Å². The van der Waals surface area contributed by atoms with Gasteiger partial charge in [0.25, 0.3) is 0 Å². The van der Waals surface area contributed by atoms with Gasteiger partial charge < -0.3 is 9.15 Å². The summed E-state index contributed by atoms with van der Waals surface area (Å²) < 4.78 is 11.1. The molecule has 1 N–H and O–H groups in total. The zero-order chi connectivity index (χ0) is 12.4. The third kappa shape index (κ3) is 2.27. The number of benzene rings is 1. The highest BCUT2D eigenvalue weighted by Gasteiger charge is 2.13. The van der Waals surface area contributed by atoms with E-state index in [1.54, 1.807) is 0 Å². The van der Waals surface area contributed by atoms with Gasteiger partial charge in [0, 0.05) is 30.6 Å². The van der Waals surface area contributed by atoms with Gasteiger partial charge in [0.2, 0.25) is 0 Å². The summed E-state index contributed by atoms with van der Waals surface area (Å²) in [5.41, 5.74) is 5.66. The van der Waals surface area contributed by atoms with Gasteiger partial charge in [0.1, 0.15) is 11.3 Å². The molecular formula is C14H18N2O2. The molecule has 4 nitrogen and oxygen atoms in total. The first kappa shape index (κ1) is 11.7. The molecule has 0 amide bonds. The molecule has 1 aromatic heterocycles. The van der Waals surface area contributed by atoms with Crippen LogP contribution < -0.4 is 5.43 Å². The molecule has 0 unspecified atom stereocenters. The Balaban J connectivity index is 1.75. The number of furan rings is 1. The van der Waals surface area contributed by atoms with Gasteiger partial charge in [0.15, 0.2) is 0 Å². The molecule has 0 bridgehead atoms. The fourth-order valence-corrected chi connectivity index (χ4v) is 2.35. The fraction of sp³-hybridized carbons (Fsp3) is 0.429. The standard InChI is InChI=1S/C14H18N2O2/c1-11-13(10-15-16-6-8-17-9-7-16)12-4-2-3-5-14(12)18-11/h2-5,15H,6-10H2,1H3. The number of hydrogen-bond acceptors (Lipinski definition) is 4. The van der Waals surface area contributed by atoms with Crippen LogP contribution in [0.15, 0.2) is 28.7 Å². The summed E-state index contributed by atoms with van der Waals surface area (Å²) in [5, 5.41) is 3.42. The van der Waals surface area contributed by atoms with E-state index in [0.29, 0.717) is 0 Å². The van der Waals surface area contributed by atoms with Gasteiger partial charge in [-0.1, -0.05) is 18.2 Å². The molecule has 0 spiro atoms. The Bertz CT molecular complexity index is 530. The van der Waals surface area contributed by atoms with Crippen molar-refractivity contribution < 1.29 is 9.15 Å². The van der Waals surface area contributed by atoms with Crippen molar-refractivity contribution in [2.24, 2.45) is 0 Å². The van der Waals surface area contributed by atoms with E-state index in [2.05, 4.69) is 22.6 Å². The Morgan fingerprint density at radius 3 is 2.83 bits per heavy atom. The van der Waals surface area contributed by atoms with Crippen LogP contribution in [0.3, 0.4) is 0 Å². The predicted octanol–water partition coefficient (Wildman–Crippen LogP) is 2.08. The van der Waals surface area contributed by atoms with Gasteiger partial charge in [-0.15, -0.1) is 0 Å². The zero-order valence-corrected chi connectivity index (χ0v) is 10.6. The SMILES string of the molecule is Cc1oc2ccccc2c1CNN1CCOCC1. The molecule has 0 saturated carbocycles. The maximum absolute atomic E-state index is 5.76. The molecule has 2 aromatic rings. The smallest absolute Gasteiger partial charge is 0.134 e. The lowest BCUT2D eigenvalue weighted by molar-refractivity contribution is 0.0106. The first-order valence-electron chi connectivity index (χ1n) is 6.38. The number of hydrogen-bond donors (Lipinski definition) is 1. The molecule has 0 atom stereocenters. The van der Waals surface area contributed by atoms with E-state index in [0.717, 1.165) is 44.2 Å². The van der Waals surface area contributed by atoms with E-state index in [1.807, 2.05) is 19.1 Å². The summed E-state index contributed by atoms with van der Waals surface area (Å²) in [6.45, 7) is 6.32. The minimum Gasteiger partial charge on any atom is -0.461 e. The molecule has 18 heavy (non-hydrogen) atoms. The maximum atomic E-state index is 5.76. The van der Waals surface area contributed by atoms with Crippen molar-refractivity contribution in [1.82, 2.24) is 10.4 Å². The molecule has 1 aromatic carbocycles. The third-order valence-corrected chi connectivity index (χ3v) is 3.39. The van der Waals surface area contributed by atoms with E-state index < -0.39 is 0 Å². The zero-order valence-electron chi connectivity index (χ0n) is 10.6. The molecule has 0 aliphatic carbocycles. The predicted molar refractivity (Wildman–Crippen MR) is 70.2 cm³/mol. The number of rotatable bonds is 3. The highest BCUT2D eigenvalue weighted by Crippen LogP contribution is 2.24. The Kier molecular flexibility index (Phi) is 3.32. The van der Waals surface area contributed by atoms with Crippen LogP contribution >= 0.6 is 0 Å². The second-order valence-electron chi connectivity index (χ2n) is 4.57.